The molecule has 1 N–H and O–H groups in total. The minimum absolute atomic E-state index is 0. The van der Waals surface area contributed by atoms with Crippen LogP contribution in [0.15, 0.2) is 0 Å². The summed E-state index contributed by atoms with van der Waals surface area (Å²) >= 11 is 0. The van der Waals surface area contributed by atoms with Crippen LogP contribution in [0.25, 0.3) is 0 Å². The summed E-state index contributed by atoms with van der Waals surface area (Å²) in [6.07, 6.45) is 36.5. The van der Waals surface area contributed by atoms with Crippen LogP contribution in [-0.4, -0.2) is 60.9 Å². The molecule has 4 unspecified atom stereocenters. The Morgan fingerprint density at radius 3 is 1.39 bits per heavy atom. The van der Waals surface area contributed by atoms with Gasteiger partial charge in [0.15, 0.2) is 0 Å². The molecule has 0 heterocycles. The molecule has 0 radical (unpaired) electrons. The standard InChI is InChI=1S/C46H87NO5.5CH4/c1-4-7-10-11-12-19-24-37-51-45(49)27-20-15-13-17-22-33-47(35-36-48)34-23-18-14-16-21-28-46(50)52-44(31-29-42-38-40(42)25-8-5-2)32-30-43-39-41(43)26-9-6-3;;;;;/h40-44,48H,4-39H2,1-3H3;5*1H4. The van der Waals surface area contributed by atoms with E-state index < -0.39 is 0 Å². The van der Waals surface area contributed by atoms with E-state index in [9.17, 15) is 14.7 Å². The van der Waals surface area contributed by atoms with Gasteiger partial charge in [-0.25, -0.2) is 0 Å². The van der Waals surface area contributed by atoms with Crippen molar-refractivity contribution in [3.63, 3.8) is 0 Å². The van der Waals surface area contributed by atoms with Crippen LogP contribution < -0.4 is 0 Å². The van der Waals surface area contributed by atoms with Gasteiger partial charge in [-0.15, -0.1) is 0 Å². The average molecular weight is 814 g/mol. The van der Waals surface area contributed by atoms with Gasteiger partial charge in [-0.1, -0.05) is 173 Å². The van der Waals surface area contributed by atoms with E-state index in [1.54, 1.807) is 0 Å². The third-order valence-electron chi connectivity index (χ3n) is 12.1. The van der Waals surface area contributed by atoms with Gasteiger partial charge in [0.05, 0.1) is 13.2 Å². The molecule has 0 saturated heterocycles. The topological polar surface area (TPSA) is 76.1 Å². The molecule has 2 aliphatic rings. The van der Waals surface area contributed by atoms with Crippen molar-refractivity contribution < 1.29 is 24.2 Å². The highest BCUT2D eigenvalue weighted by atomic mass is 16.5. The molecule has 346 valence electrons. The highest BCUT2D eigenvalue weighted by molar-refractivity contribution is 5.69. The van der Waals surface area contributed by atoms with E-state index in [-0.39, 0.29) is 61.8 Å². The molecule has 2 rings (SSSR count). The van der Waals surface area contributed by atoms with Gasteiger partial charge >= 0.3 is 11.9 Å². The third kappa shape index (κ3) is 35.3. The fourth-order valence-corrected chi connectivity index (χ4v) is 8.34. The van der Waals surface area contributed by atoms with Gasteiger partial charge in [-0.3, -0.25) is 9.59 Å². The molecule has 0 spiro atoms. The summed E-state index contributed by atoms with van der Waals surface area (Å²) in [7, 11) is 0. The van der Waals surface area contributed by atoms with Crippen molar-refractivity contribution in [2.24, 2.45) is 23.7 Å². The van der Waals surface area contributed by atoms with Gasteiger partial charge in [0, 0.05) is 19.4 Å². The van der Waals surface area contributed by atoms with E-state index in [4.69, 9.17) is 9.47 Å². The highest BCUT2D eigenvalue weighted by Gasteiger charge is 2.38. The fraction of sp³-hybridized carbons (Fsp3) is 0.961. The predicted octanol–water partition coefficient (Wildman–Crippen LogP) is 15.6. The maximum atomic E-state index is 12.9. The van der Waals surface area contributed by atoms with Crippen molar-refractivity contribution >= 4 is 11.9 Å². The Bertz CT molecular complexity index is 825. The van der Waals surface area contributed by atoms with Crippen LogP contribution in [0.5, 0.6) is 0 Å². The molecule has 57 heavy (non-hydrogen) atoms. The van der Waals surface area contributed by atoms with E-state index >= 15 is 0 Å². The third-order valence-corrected chi connectivity index (χ3v) is 12.1. The van der Waals surface area contributed by atoms with Gasteiger partial charge in [0.1, 0.15) is 6.10 Å². The number of ether oxygens (including phenoxy) is 2. The van der Waals surface area contributed by atoms with Crippen LogP contribution in [0, 0.1) is 23.7 Å². The lowest BCUT2D eigenvalue weighted by atomic mass is 10.0. The molecular weight excluding hydrogens is 707 g/mol. The molecule has 0 amide bonds. The van der Waals surface area contributed by atoms with E-state index in [2.05, 4.69) is 25.7 Å². The lowest BCUT2D eigenvalue weighted by Gasteiger charge is -2.21. The molecule has 4 atom stereocenters. The van der Waals surface area contributed by atoms with Crippen molar-refractivity contribution in [3.8, 4) is 0 Å². The molecule has 0 aromatic carbocycles. The summed E-state index contributed by atoms with van der Waals surface area (Å²) in [5.41, 5.74) is 0. The summed E-state index contributed by atoms with van der Waals surface area (Å²) in [4.78, 5) is 27.3. The second-order valence-electron chi connectivity index (χ2n) is 17.0. The average Bonchev–Trinajstić information content (AvgIpc) is 4.07. The molecule has 0 aliphatic heterocycles. The second kappa shape index (κ2) is 43.0. The molecule has 0 aromatic rings. The zero-order chi connectivity index (χ0) is 37.5. The van der Waals surface area contributed by atoms with Crippen molar-refractivity contribution in [2.75, 3.05) is 32.8 Å². The number of aliphatic hydroxyl groups is 1. The van der Waals surface area contributed by atoms with Crippen LogP contribution in [0.3, 0.4) is 0 Å². The Morgan fingerprint density at radius 2 is 0.912 bits per heavy atom. The van der Waals surface area contributed by atoms with Crippen molar-refractivity contribution in [3.05, 3.63) is 0 Å². The Hall–Kier alpha value is -1.14. The monoisotopic (exact) mass is 814 g/mol. The highest BCUT2D eigenvalue weighted by Crippen LogP contribution is 2.47. The van der Waals surface area contributed by atoms with Crippen LogP contribution in [0.2, 0.25) is 0 Å². The number of nitrogens with zero attached hydrogens (tertiary/aromatic N) is 1. The first-order chi connectivity index (χ1) is 25.5. The van der Waals surface area contributed by atoms with Crippen LogP contribution >= 0.6 is 0 Å². The SMILES string of the molecule is C.C.C.C.C.CCCCCCCCCOC(=O)CCCCCCCN(CCO)CCCCCCCC(=O)OC(CCC1CC1CCCC)CCC1CC1CCCC. The summed E-state index contributed by atoms with van der Waals surface area (Å²) in [6, 6.07) is 0. The molecular formula is C51H107NO5. The van der Waals surface area contributed by atoms with Gasteiger partial charge in [-0.05, 0) is 107 Å². The van der Waals surface area contributed by atoms with Crippen molar-refractivity contribution in [2.45, 2.75) is 263 Å². The normalized spacial score (nSPS) is 18.2. The first kappa shape index (κ1) is 62.5. The zero-order valence-corrected chi connectivity index (χ0v) is 34.9. The number of unbranched alkanes of at least 4 members (excludes halogenated alkanes) is 16. The quantitative estimate of drug-likeness (QED) is 0.0492. The molecule has 6 heteroatoms. The molecule has 2 saturated carbocycles. The molecule has 2 fully saturated rings. The zero-order valence-electron chi connectivity index (χ0n) is 34.9. The van der Waals surface area contributed by atoms with Gasteiger partial charge in [0.25, 0.3) is 0 Å². The van der Waals surface area contributed by atoms with Crippen LogP contribution in [0.4, 0.5) is 0 Å². The number of hydrogen-bond donors (Lipinski definition) is 1. The van der Waals surface area contributed by atoms with E-state index in [0.29, 0.717) is 19.4 Å². The number of esters is 2. The molecule has 0 bridgehead atoms. The van der Waals surface area contributed by atoms with E-state index in [0.717, 1.165) is 114 Å². The van der Waals surface area contributed by atoms with E-state index in [1.807, 2.05) is 0 Å². The van der Waals surface area contributed by atoms with Crippen molar-refractivity contribution in [1.29, 1.82) is 0 Å². The lowest BCUT2D eigenvalue weighted by Crippen LogP contribution is -2.29. The van der Waals surface area contributed by atoms with Gasteiger partial charge in [-0.2, -0.15) is 0 Å². The first-order valence-electron chi connectivity index (χ1n) is 23.2. The Kier molecular flexibility index (Phi) is 47.1. The summed E-state index contributed by atoms with van der Waals surface area (Å²) in [5, 5.41) is 9.57. The number of aliphatic hydroxyl groups excluding tert-OH is 1. The minimum Gasteiger partial charge on any atom is -0.466 e. The van der Waals surface area contributed by atoms with Gasteiger partial charge in [0.2, 0.25) is 0 Å². The molecule has 0 aromatic heterocycles. The van der Waals surface area contributed by atoms with Crippen LogP contribution in [-0.2, 0) is 19.1 Å². The molecule has 2 aliphatic carbocycles. The van der Waals surface area contributed by atoms with Crippen molar-refractivity contribution in [1.82, 2.24) is 4.90 Å². The fourth-order valence-electron chi connectivity index (χ4n) is 8.34. The maximum Gasteiger partial charge on any atom is 0.306 e. The minimum atomic E-state index is -0.0293. The smallest absolute Gasteiger partial charge is 0.306 e. The second-order valence-corrected chi connectivity index (χ2v) is 17.0. The van der Waals surface area contributed by atoms with Gasteiger partial charge < -0.3 is 19.5 Å². The van der Waals surface area contributed by atoms with E-state index in [1.165, 1.54) is 116 Å². The Morgan fingerprint density at radius 1 is 0.509 bits per heavy atom. The number of carbonyl (C=O) groups is 2. The number of carbonyl (C=O) groups excluding carboxylic acids is 2. The number of rotatable bonds is 39. The number of hydrogen-bond acceptors (Lipinski definition) is 6. The Labute approximate surface area is 359 Å². The lowest BCUT2D eigenvalue weighted by molar-refractivity contribution is -0.150. The Balaban J connectivity index is -0.00000281. The molecule has 6 nitrogen and oxygen atoms in total. The van der Waals surface area contributed by atoms with Crippen LogP contribution in [0.1, 0.15) is 257 Å². The summed E-state index contributed by atoms with van der Waals surface area (Å²) in [6.45, 7) is 10.4. The largest absolute Gasteiger partial charge is 0.466 e. The maximum absolute atomic E-state index is 12.9. The first-order valence-corrected chi connectivity index (χ1v) is 23.2. The predicted molar refractivity (Wildman–Crippen MR) is 252 cm³/mol. The summed E-state index contributed by atoms with van der Waals surface area (Å²) < 4.78 is 11.6. The summed E-state index contributed by atoms with van der Waals surface area (Å²) in [5.74, 6) is 3.66.